The molecule has 17 heavy (non-hydrogen) atoms. The second-order valence-corrected chi connectivity index (χ2v) is 4.75. The van der Waals surface area contributed by atoms with E-state index in [0.717, 1.165) is 10.6 Å². The molecule has 1 unspecified atom stereocenters. The van der Waals surface area contributed by atoms with Crippen LogP contribution in [0.15, 0.2) is 35.4 Å². The van der Waals surface area contributed by atoms with Crippen molar-refractivity contribution in [2.75, 3.05) is 5.32 Å². The summed E-state index contributed by atoms with van der Waals surface area (Å²) in [4.78, 5) is 12.9. The number of rotatable bonds is 2. The number of aromatic amines is 1. The number of thioether (sulfide) groups is 1. The van der Waals surface area contributed by atoms with Gasteiger partial charge in [0, 0.05) is 16.7 Å². The maximum atomic E-state index is 12.0. The van der Waals surface area contributed by atoms with Gasteiger partial charge in [-0.2, -0.15) is 5.10 Å². The molecule has 3 rings (SSSR count). The van der Waals surface area contributed by atoms with Crippen LogP contribution in [0.5, 0.6) is 0 Å². The number of carbonyl (C=O) groups is 1. The molecule has 0 saturated carbocycles. The lowest BCUT2D eigenvalue weighted by Crippen LogP contribution is -2.06. The fourth-order valence-electron chi connectivity index (χ4n) is 1.70. The number of carbonyl (C=O) groups excluding carboxylic acids is 1. The molecule has 1 aliphatic heterocycles. The molecule has 2 heterocycles. The van der Waals surface area contributed by atoms with Gasteiger partial charge < -0.3 is 10.4 Å². The molecular weight excluding hydrogens is 238 g/mol. The molecule has 0 spiro atoms. The lowest BCUT2D eigenvalue weighted by Gasteiger charge is -2.01. The minimum absolute atomic E-state index is 0.104. The summed E-state index contributed by atoms with van der Waals surface area (Å²) >= 11 is 1.29. The summed E-state index contributed by atoms with van der Waals surface area (Å²) < 4.78 is 0. The average Bonchev–Trinajstić information content (AvgIpc) is 2.94. The molecule has 86 valence electrons. The van der Waals surface area contributed by atoms with Gasteiger partial charge in [-0.05, 0) is 24.3 Å². The SMILES string of the molecule is O=C(c1ccc2c(c1)SC(O)N2)c1ccn[nH]1. The van der Waals surface area contributed by atoms with Gasteiger partial charge in [0.1, 0.15) is 5.69 Å². The number of hydrogen-bond donors (Lipinski definition) is 3. The van der Waals surface area contributed by atoms with E-state index in [1.165, 1.54) is 11.8 Å². The lowest BCUT2D eigenvalue weighted by molar-refractivity contribution is 0.103. The van der Waals surface area contributed by atoms with Crippen molar-refractivity contribution < 1.29 is 9.90 Å². The smallest absolute Gasteiger partial charge is 0.210 e. The summed E-state index contributed by atoms with van der Waals surface area (Å²) in [6, 6.07) is 6.93. The van der Waals surface area contributed by atoms with Crippen molar-refractivity contribution >= 4 is 23.2 Å². The topological polar surface area (TPSA) is 78.0 Å². The van der Waals surface area contributed by atoms with Crippen LogP contribution in [-0.2, 0) is 0 Å². The van der Waals surface area contributed by atoms with Gasteiger partial charge in [-0.25, -0.2) is 0 Å². The van der Waals surface area contributed by atoms with Crippen LogP contribution in [0.2, 0.25) is 0 Å². The summed E-state index contributed by atoms with van der Waals surface area (Å²) in [6.45, 7) is 0. The Hall–Kier alpha value is -1.79. The number of ketones is 1. The molecule has 5 nitrogen and oxygen atoms in total. The third kappa shape index (κ3) is 1.81. The summed E-state index contributed by atoms with van der Waals surface area (Å²) in [6.07, 6.45) is 1.54. The third-order valence-electron chi connectivity index (χ3n) is 2.51. The number of nitrogens with zero attached hydrogens (tertiary/aromatic N) is 1. The van der Waals surface area contributed by atoms with E-state index in [9.17, 15) is 9.90 Å². The van der Waals surface area contributed by atoms with Crippen LogP contribution in [0.3, 0.4) is 0 Å². The summed E-state index contributed by atoms with van der Waals surface area (Å²) in [5.74, 6) is -0.104. The maximum absolute atomic E-state index is 12.0. The second-order valence-electron chi connectivity index (χ2n) is 3.62. The number of aliphatic hydroxyl groups is 1. The van der Waals surface area contributed by atoms with Crippen molar-refractivity contribution in [3.05, 3.63) is 41.7 Å². The van der Waals surface area contributed by atoms with E-state index in [4.69, 9.17) is 0 Å². The number of fused-ring (bicyclic) bond motifs is 1. The quantitative estimate of drug-likeness (QED) is 0.700. The van der Waals surface area contributed by atoms with Gasteiger partial charge in [0.25, 0.3) is 0 Å². The first-order chi connectivity index (χ1) is 8.24. The molecule has 1 atom stereocenters. The van der Waals surface area contributed by atoms with Gasteiger partial charge in [0.2, 0.25) is 5.78 Å². The standard InChI is InChI=1S/C11H9N3O2S/c15-10(8-3-4-12-14-8)6-1-2-7-9(5-6)17-11(16)13-7/h1-5,11,13,16H,(H,12,14). The van der Waals surface area contributed by atoms with Crippen molar-refractivity contribution in [3.8, 4) is 0 Å². The Labute approximate surface area is 101 Å². The van der Waals surface area contributed by atoms with E-state index < -0.39 is 5.56 Å². The van der Waals surface area contributed by atoms with Gasteiger partial charge in [0.15, 0.2) is 5.56 Å². The van der Waals surface area contributed by atoms with Crippen LogP contribution < -0.4 is 5.32 Å². The predicted octanol–water partition coefficient (Wildman–Crippen LogP) is 1.43. The van der Waals surface area contributed by atoms with Gasteiger partial charge in [-0.3, -0.25) is 9.89 Å². The molecule has 0 fully saturated rings. The minimum Gasteiger partial charge on any atom is -0.364 e. The number of aliphatic hydroxyl groups excluding tert-OH is 1. The zero-order chi connectivity index (χ0) is 11.8. The minimum atomic E-state index is -0.637. The fourth-order valence-corrected chi connectivity index (χ4v) is 2.58. The Kier molecular flexibility index (Phi) is 2.38. The number of H-pyrrole nitrogens is 1. The Morgan fingerprint density at radius 3 is 3.06 bits per heavy atom. The first-order valence-electron chi connectivity index (χ1n) is 5.03. The highest BCUT2D eigenvalue weighted by Crippen LogP contribution is 2.37. The zero-order valence-electron chi connectivity index (χ0n) is 8.68. The molecule has 2 aromatic rings. The van der Waals surface area contributed by atoms with E-state index >= 15 is 0 Å². The number of hydrogen-bond acceptors (Lipinski definition) is 5. The first-order valence-corrected chi connectivity index (χ1v) is 5.91. The third-order valence-corrected chi connectivity index (χ3v) is 3.44. The summed E-state index contributed by atoms with van der Waals surface area (Å²) in [5, 5.41) is 18.7. The van der Waals surface area contributed by atoms with Gasteiger partial charge >= 0.3 is 0 Å². The highest BCUT2D eigenvalue weighted by molar-refractivity contribution is 8.00. The zero-order valence-corrected chi connectivity index (χ0v) is 9.49. The van der Waals surface area contributed by atoms with Crippen LogP contribution in [0.4, 0.5) is 5.69 Å². The number of aromatic nitrogens is 2. The van der Waals surface area contributed by atoms with Crippen molar-refractivity contribution in [2.24, 2.45) is 0 Å². The van der Waals surface area contributed by atoms with E-state index in [-0.39, 0.29) is 5.78 Å². The molecule has 0 amide bonds. The molecule has 0 radical (unpaired) electrons. The van der Waals surface area contributed by atoms with Crippen LogP contribution >= 0.6 is 11.8 Å². The normalized spacial score (nSPS) is 17.6. The Morgan fingerprint density at radius 1 is 1.41 bits per heavy atom. The van der Waals surface area contributed by atoms with E-state index in [1.807, 2.05) is 0 Å². The highest BCUT2D eigenvalue weighted by Gasteiger charge is 2.21. The van der Waals surface area contributed by atoms with Crippen molar-refractivity contribution in [1.29, 1.82) is 0 Å². The van der Waals surface area contributed by atoms with Crippen LogP contribution in [0.1, 0.15) is 16.1 Å². The van der Waals surface area contributed by atoms with E-state index in [2.05, 4.69) is 15.5 Å². The van der Waals surface area contributed by atoms with Crippen LogP contribution in [0, 0.1) is 0 Å². The maximum Gasteiger partial charge on any atom is 0.210 e. The number of nitrogens with one attached hydrogen (secondary N) is 2. The Balaban J connectivity index is 1.96. The molecular formula is C11H9N3O2S. The number of benzene rings is 1. The fraction of sp³-hybridized carbons (Fsp3) is 0.0909. The molecule has 1 aromatic carbocycles. The molecule has 0 saturated heterocycles. The van der Waals surface area contributed by atoms with Gasteiger partial charge in [0.05, 0.1) is 5.69 Å². The molecule has 1 aromatic heterocycles. The summed E-state index contributed by atoms with van der Waals surface area (Å²) in [5.41, 5.74) is 1.25. The first kappa shape index (κ1) is 10.4. The molecule has 0 bridgehead atoms. The Morgan fingerprint density at radius 2 is 2.29 bits per heavy atom. The average molecular weight is 247 g/mol. The van der Waals surface area contributed by atoms with E-state index in [1.54, 1.807) is 30.5 Å². The molecule has 0 aliphatic carbocycles. The highest BCUT2D eigenvalue weighted by atomic mass is 32.2. The molecule has 3 N–H and O–H groups in total. The number of anilines is 1. The van der Waals surface area contributed by atoms with Crippen molar-refractivity contribution in [1.82, 2.24) is 10.2 Å². The monoisotopic (exact) mass is 247 g/mol. The largest absolute Gasteiger partial charge is 0.364 e. The second kappa shape index (κ2) is 3.90. The van der Waals surface area contributed by atoms with Gasteiger partial charge in [-0.1, -0.05) is 11.8 Å². The van der Waals surface area contributed by atoms with Gasteiger partial charge in [-0.15, -0.1) is 0 Å². The van der Waals surface area contributed by atoms with Crippen LogP contribution in [-0.4, -0.2) is 26.6 Å². The van der Waals surface area contributed by atoms with E-state index in [0.29, 0.717) is 11.3 Å². The van der Waals surface area contributed by atoms with Crippen molar-refractivity contribution in [3.63, 3.8) is 0 Å². The predicted molar refractivity (Wildman–Crippen MR) is 63.9 cm³/mol. The summed E-state index contributed by atoms with van der Waals surface area (Å²) in [7, 11) is 0. The molecule has 1 aliphatic rings. The molecule has 6 heteroatoms. The lowest BCUT2D eigenvalue weighted by atomic mass is 10.1. The van der Waals surface area contributed by atoms with Crippen molar-refractivity contribution in [2.45, 2.75) is 10.5 Å². The van der Waals surface area contributed by atoms with Crippen LogP contribution in [0.25, 0.3) is 0 Å². The Bertz CT molecular complexity index is 568.